The van der Waals surface area contributed by atoms with Gasteiger partial charge in [0.15, 0.2) is 5.76 Å². The number of nitrogens with zero attached hydrogens (tertiary/aromatic N) is 1. The van der Waals surface area contributed by atoms with Gasteiger partial charge < -0.3 is 4.84 Å². The van der Waals surface area contributed by atoms with Crippen LogP contribution in [0.15, 0.2) is 53.6 Å². The van der Waals surface area contributed by atoms with Crippen LogP contribution in [0.25, 0.3) is 5.76 Å². The van der Waals surface area contributed by atoms with Crippen LogP contribution in [0.1, 0.15) is 11.1 Å². The molecular weight excluding hydrogens is 368 g/mol. The van der Waals surface area contributed by atoms with Crippen LogP contribution in [0.3, 0.4) is 0 Å². The zero-order valence-electron chi connectivity index (χ0n) is 10.9. The van der Waals surface area contributed by atoms with E-state index >= 15 is 0 Å². The molecule has 0 aromatic heterocycles. The van der Waals surface area contributed by atoms with Gasteiger partial charge in [-0.05, 0) is 42.0 Å². The Balaban J connectivity index is 2.08. The van der Waals surface area contributed by atoms with Gasteiger partial charge in [0, 0.05) is 20.8 Å². The average Bonchev–Trinajstić information content (AvgIpc) is 2.74. The molecule has 2 aromatic carbocycles. The Kier molecular flexibility index (Phi) is 4.29. The molecule has 1 heterocycles. The zero-order chi connectivity index (χ0) is 15.9. The molecule has 0 bridgehead atoms. The van der Waals surface area contributed by atoms with E-state index in [2.05, 4.69) is 0 Å². The number of halogens is 4. The lowest BCUT2D eigenvalue weighted by Gasteiger charge is -2.25. The Morgan fingerprint density at radius 1 is 0.864 bits per heavy atom. The monoisotopic (exact) mass is 375 g/mol. The van der Waals surface area contributed by atoms with Crippen molar-refractivity contribution in [1.29, 1.82) is 0 Å². The van der Waals surface area contributed by atoms with Gasteiger partial charge in [0.25, 0.3) is 0 Å². The van der Waals surface area contributed by atoms with Crippen LogP contribution >= 0.6 is 46.4 Å². The van der Waals surface area contributed by atoms with E-state index in [1.165, 1.54) is 0 Å². The van der Waals surface area contributed by atoms with Crippen molar-refractivity contribution in [2.24, 2.45) is 0 Å². The molecule has 7 heteroatoms. The molecule has 0 fully saturated rings. The Labute approximate surface area is 147 Å². The highest BCUT2D eigenvalue weighted by molar-refractivity contribution is 6.41. The number of hydrogen-bond acceptors (Lipinski definition) is 3. The number of alkyl halides is 1. The van der Waals surface area contributed by atoms with Crippen LogP contribution < -0.4 is 0 Å². The van der Waals surface area contributed by atoms with Gasteiger partial charge in [-0.25, -0.2) is 0 Å². The van der Waals surface area contributed by atoms with Crippen molar-refractivity contribution in [1.82, 2.24) is 5.23 Å². The molecule has 0 spiro atoms. The lowest BCUT2D eigenvalue weighted by Crippen LogP contribution is -2.34. The molecule has 0 radical (unpaired) electrons. The highest BCUT2D eigenvalue weighted by atomic mass is 35.5. The molecular formula is C15H9Cl4NO2. The lowest BCUT2D eigenvalue weighted by molar-refractivity contribution is -0.319. The second-order valence-electron chi connectivity index (χ2n) is 4.64. The number of benzene rings is 2. The third-order valence-corrected chi connectivity index (χ3v) is 4.86. The van der Waals surface area contributed by atoms with Gasteiger partial charge in [-0.2, -0.15) is 0 Å². The number of hydroxylamine groups is 2. The average molecular weight is 377 g/mol. The highest BCUT2D eigenvalue weighted by Crippen LogP contribution is 2.50. The molecule has 0 saturated heterocycles. The Bertz CT molecular complexity index is 730. The van der Waals surface area contributed by atoms with Crippen molar-refractivity contribution >= 4 is 52.2 Å². The number of rotatable bonds is 2. The van der Waals surface area contributed by atoms with Crippen molar-refractivity contribution in [2.45, 2.75) is 5.00 Å². The van der Waals surface area contributed by atoms with Crippen LogP contribution in [0.5, 0.6) is 0 Å². The van der Waals surface area contributed by atoms with Crippen molar-refractivity contribution in [3.8, 4) is 0 Å². The highest BCUT2D eigenvalue weighted by Gasteiger charge is 2.50. The smallest absolute Gasteiger partial charge is 0.221 e. The van der Waals surface area contributed by atoms with Crippen LogP contribution in [-0.2, 0) is 9.84 Å². The van der Waals surface area contributed by atoms with Gasteiger partial charge in [0.1, 0.15) is 5.03 Å². The van der Waals surface area contributed by atoms with E-state index < -0.39 is 5.00 Å². The first-order chi connectivity index (χ1) is 10.4. The topological polar surface area (TPSA) is 32.7 Å². The Morgan fingerprint density at radius 2 is 1.36 bits per heavy atom. The summed E-state index contributed by atoms with van der Waals surface area (Å²) >= 11 is 24.6. The van der Waals surface area contributed by atoms with Gasteiger partial charge in [0.05, 0.1) is 0 Å². The Hall–Kier alpha value is -0.940. The van der Waals surface area contributed by atoms with Crippen LogP contribution in [0.4, 0.5) is 0 Å². The third kappa shape index (κ3) is 2.58. The van der Waals surface area contributed by atoms with E-state index in [0.717, 1.165) is 0 Å². The fraction of sp³-hybridized carbons (Fsp3) is 0.0667. The second kappa shape index (κ2) is 5.93. The molecule has 1 unspecified atom stereocenters. The van der Waals surface area contributed by atoms with Crippen LogP contribution in [0.2, 0.25) is 10.0 Å². The standard InChI is InChI=1S/C15H9Cl4NO2/c16-11-5-1-9(2-6-11)13-14(18)15(19,20(21)22-13)10-3-7-12(17)8-4-10/h1-8,21H. The summed E-state index contributed by atoms with van der Waals surface area (Å²) in [6, 6.07) is 13.4. The molecule has 0 aliphatic carbocycles. The van der Waals surface area contributed by atoms with Gasteiger partial charge in [0.2, 0.25) is 5.00 Å². The maximum Gasteiger partial charge on any atom is 0.221 e. The van der Waals surface area contributed by atoms with E-state index in [4.69, 9.17) is 51.2 Å². The lowest BCUT2D eigenvalue weighted by atomic mass is 10.0. The fourth-order valence-electron chi connectivity index (χ4n) is 2.11. The van der Waals surface area contributed by atoms with E-state index in [1.807, 2.05) is 0 Å². The molecule has 1 aliphatic heterocycles. The predicted molar refractivity (Wildman–Crippen MR) is 87.9 cm³/mol. The largest absolute Gasteiger partial charge is 0.376 e. The van der Waals surface area contributed by atoms with E-state index in [9.17, 15) is 5.21 Å². The molecule has 0 amide bonds. The van der Waals surface area contributed by atoms with Gasteiger partial charge in [-0.3, -0.25) is 5.21 Å². The summed E-state index contributed by atoms with van der Waals surface area (Å²) in [5, 5.41) is 11.9. The maximum atomic E-state index is 10.1. The summed E-state index contributed by atoms with van der Waals surface area (Å²) < 4.78 is 0. The fourth-order valence-corrected chi connectivity index (χ4v) is 2.94. The van der Waals surface area contributed by atoms with Crippen LogP contribution in [-0.4, -0.2) is 10.4 Å². The molecule has 3 rings (SSSR count). The van der Waals surface area contributed by atoms with Gasteiger partial charge in [-0.1, -0.05) is 58.5 Å². The SMILES string of the molecule is ON1OC(c2ccc(Cl)cc2)=C(Cl)C1(Cl)c1ccc(Cl)cc1. The normalized spacial score (nSPS) is 22.0. The van der Waals surface area contributed by atoms with Crippen molar-refractivity contribution < 1.29 is 10.0 Å². The molecule has 22 heavy (non-hydrogen) atoms. The minimum atomic E-state index is -1.54. The van der Waals surface area contributed by atoms with E-state index in [0.29, 0.717) is 26.4 Å². The van der Waals surface area contributed by atoms with Crippen LogP contribution in [0, 0.1) is 0 Å². The minimum absolute atomic E-state index is 0.140. The maximum absolute atomic E-state index is 10.1. The summed E-state index contributed by atoms with van der Waals surface area (Å²) in [7, 11) is 0. The predicted octanol–water partition coefficient (Wildman–Crippen LogP) is 5.63. The molecule has 1 atom stereocenters. The van der Waals surface area contributed by atoms with E-state index in [1.54, 1.807) is 48.5 Å². The van der Waals surface area contributed by atoms with Gasteiger partial charge >= 0.3 is 0 Å². The molecule has 1 aliphatic rings. The van der Waals surface area contributed by atoms with Crippen molar-refractivity contribution in [2.75, 3.05) is 0 Å². The summed E-state index contributed by atoms with van der Waals surface area (Å²) in [5.41, 5.74) is 1.17. The molecule has 3 nitrogen and oxygen atoms in total. The molecule has 0 saturated carbocycles. The van der Waals surface area contributed by atoms with Crippen molar-refractivity contribution in [3.63, 3.8) is 0 Å². The first-order valence-electron chi connectivity index (χ1n) is 6.21. The third-order valence-electron chi connectivity index (χ3n) is 3.26. The minimum Gasteiger partial charge on any atom is -0.376 e. The first-order valence-corrected chi connectivity index (χ1v) is 7.72. The summed E-state index contributed by atoms with van der Waals surface area (Å²) in [6.45, 7) is 0. The number of hydrogen-bond donors (Lipinski definition) is 1. The summed E-state index contributed by atoms with van der Waals surface area (Å²) in [4.78, 5) is 3.79. The zero-order valence-corrected chi connectivity index (χ0v) is 14.0. The van der Waals surface area contributed by atoms with Gasteiger partial charge in [-0.15, -0.1) is 0 Å². The summed E-state index contributed by atoms with van der Waals surface area (Å²) in [5.74, 6) is 0.255. The van der Waals surface area contributed by atoms with Crippen molar-refractivity contribution in [3.05, 3.63) is 74.7 Å². The Morgan fingerprint density at radius 3 is 1.91 bits per heavy atom. The molecule has 1 N–H and O–H groups in total. The molecule has 114 valence electrons. The first kappa shape index (κ1) is 15.9. The molecule has 2 aromatic rings. The summed E-state index contributed by atoms with van der Waals surface area (Å²) in [6.07, 6.45) is 0. The second-order valence-corrected chi connectivity index (χ2v) is 6.44. The quantitative estimate of drug-likeness (QED) is 0.544. The van der Waals surface area contributed by atoms with E-state index in [-0.39, 0.29) is 10.8 Å².